The van der Waals surface area contributed by atoms with Crippen molar-refractivity contribution in [3.8, 4) is 0 Å². The Morgan fingerprint density at radius 1 is 1.15 bits per heavy atom. The van der Waals surface area contributed by atoms with E-state index in [1.807, 2.05) is 19.9 Å². The molecule has 3 heteroatoms. The van der Waals surface area contributed by atoms with Gasteiger partial charge in [0.25, 0.3) is 0 Å². The van der Waals surface area contributed by atoms with Gasteiger partial charge in [0.15, 0.2) is 8.38 Å². The van der Waals surface area contributed by atoms with E-state index in [4.69, 9.17) is 9.05 Å². The van der Waals surface area contributed by atoms with E-state index in [9.17, 15) is 0 Å². The van der Waals surface area contributed by atoms with Crippen LogP contribution in [0.25, 0.3) is 0 Å². The van der Waals surface area contributed by atoms with Gasteiger partial charge in [-0.05, 0) is 33.1 Å². The van der Waals surface area contributed by atoms with Gasteiger partial charge in [-0.25, -0.2) is 0 Å². The van der Waals surface area contributed by atoms with Crippen molar-refractivity contribution in [3.05, 3.63) is 12.7 Å². The smallest absolute Gasteiger partial charge is 0.170 e. The molecule has 0 amide bonds. The van der Waals surface area contributed by atoms with Crippen molar-refractivity contribution in [3.63, 3.8) is 0 Å². The molecule has 0 aliphatic heterocycles. The average molecular weight is 204 g/mol. The Labute approximate surface area is 83.2 Å². The van der Waals surface area contributed by atoms with Crippen LogP contribution in [-0.4, -0.2) is 19.4 Å². The molecule has 0 aromatic carbocycles. The van der Waals surface area contributed by atoms with Gasteiger partial charge in [0.05, 0.1) is 13.2 Å². The van der Waals surface area contributed by atoms with Gasteiger partial charge in [0, 0.05) is 6.16 Å². The normalized spacial score (nSPS) is 10.7. The maximum Gasteiger partial charge on any atom is 0.170 e. The molecule has 13 heavy (non-hydrogen) atoms. The first kappa shape index (κ1) is 13.1. The fraction of sp³-hybridized carbons (Fsp3) is 0.800. The van der Waals surface area contributed by atoms with Crippen LogP contribution in [0.2, 0.25) is 0 Å². The van der Waals surface area contributed by atoms with E-state index in [1.54, 1.807) is 0 Å². The molecule has 0 aromatic heterocycles. The maximum atomic E-state index is 5.48. The van der Waals surface area contributed by atoms with Gasteiger partial charge in [-0.1, -0.05) is 6.08 Å². The Balaban J connectivity index is 3.37. The summed E-state index contributed by atoms with van der Waals surface area (Å²) in [6, 6.07) is 0. The summed E-state index contributed by atoms with van der Waals surface area (Å²) in [5.74, 6) is 0. The van der Waals surface area contributed by atoms with Crippen molar-refractivity contribution < 1.29 is 9.05 Å². The Morgan fingerprint density at radius 3 is 2.23 bits per heavy atom. The molecule has 0 rings (SSSR count). The highest BCUT2D eigenvalue weighted by Crippen LogP contribution is 2.38. The quantitative estimate of drug-likeness (QED) is 0.323. The van der Waals surface area contributed by atoms with Crippen molar-refractivity contribution in [2.24, 2.45) is 0 Å². The Bertz CT molecular complexity index is 111. The third-order valence-electron chi connectivity index (χ3n) is 1.55. The summed E-state index contributed by atoms with van der Waals surface area (Å²) in [5.41, 5.74) is 0. The standard InChI is InChI=1S/C10H21O2P/c1-4-7-8-9-10-13(11-5-2)12-6-3/h4H,1,5-10H2,2-3H3. The van der Waals surface area contributed by atoms with Gasteiger partial charge in [0.1, 0.15) is 0 Å². The molecule has 0 radical (unpaired) electrons. The predicted octanol–water partition coefficient (Wildman–Crippen LogP) is 3.73. The van der Waals surface area contributed by atoms with Crippen LogP contribution in [0.1, 0.15) is 33.1 Å². The summed E-state index contributed by atoms with van der Waals surface area (Å²) in [6.45, 7) is 9.23. The van der Waals surface area contributed by atoms with Crippen molar-refractivity contribution >= 4 is 8.38 Å². The second-order valence-corrected chi connectivity index (χ2v) is 4.31. The van der Waals surface area contributed by atoms with Gasteiger partial charge in [-0.15, -0.1) is 6.58 Å². The lowest BCUT2D eigenvalue weighted by atomic mass is 10.2. The number of allylic oxidation sites excluding steroid dienone is 1. The summed E-state index contributed by atoms with van der Waals surface area (Å²) in [4.78, 5) is 0. The monoisotopic (exact) mass is 204 g/mol. The fourth-order valence-corrected chi connectivity index (χ4v) is 2.37. The van der Waals surface area contributed by atoms with Gasteiger partial charge >= 0.3 is 0 Å². The van der Waals surface area contributed by atoms with Crippen molar-refractivity contribution in [2.45, 2.75) is 33.1 Å². The minimum absolute atomic E-state index is 0.612. The first-order chi connectivity index (χ1) is 6.35. The van der Waals surface area contributed by atoms with Crippen LogP contribution < -0.4 is 0 Å². The number of hydrogen-bond donors (Lipinski definition) is 0. The van der Waals surface area contributed by atoms with Gasteiger partial charge in [0.2, 0.25) is 0 Å². The van der Waals surface area contributed by atoms with Crippen LogP contribution in [-0.2, 0) is 9.05 Å². The first-order valence-electron chi connectivity index (χ1n) is 4.99. The molecule has 0 spiro atoms. The minimum atomic E-state index is -0.612. The minimum Gasteiger partial charge on any atom is -0.334 e. The van der Waals surface area contributed by atoms with Crippen LogP contribution in [0.3, 0.4) is 0 Å². The Morgan fingerprint density at radius 2 is 1.77 bits per heavy atom. The Hall–Kier alpha value is 0.0900. The number of unbranched alkanes of at least 4 members (excludes halogenated alkanes) is 2. The third kappa shape index (κ3) is 8.42. The molecule has 0 atom stereocenters. The zero-order valence-electron chi connectivity index (χ0n) is 8.79. The Kier molecular flexibility index (Phi) is 10.2. The van der Waals surface area contributed by atoms with Crippen LogP contribution in [0.15, 0.2) is 12.7 Å². The van der Waals surface area contributed by atoms with Crippen molar-refractivity contribution in [1.82, 2.24) is 0 Å². The van der Waals surface area contributed by atoms with E-state index >= 15 is 0 Å². The molecule has 0 saturated carbocycles. The van der Waals surface area contributed by atoms with E-state index in [1.165, 1.54) is 12.8 Å². The van der Waals surface area contributed by atoms with Crippen LogP contribution in [0, 0.1) is 0 Å². The zero-order chi connectivity index (χ0) is 9.94. The molecule has 0 aromatic rings. The fourth-order valence-electron chi connectivity index (χ4n) is 0.984. The molecule has 0 heterocycles. The maximum absolute atomic E-state index is 5.48. The van der Waals surface area contributed by atoms with Crippen LogP contribution >= 0.6 is 8.38 Å². The van der Waals surface area contributed by atoms with E-state index in [2.05, 4.69) is 6.58 Å². The van der Waals surface area contributed by atoms with Crippen LogP contribution in [0.5, 0.6) is 0 Å². The summed E-state index contributed by atoms with van der Waals surface area (Å²) >= 11 is 0. The molecule has 0 unspecified atom stereocenters. The van der Waals surface area contributed by atoms with E-state index in [-0.39, 0.29) is 0 Å². The van der Waals surface area contributed by atoms with Crippen molar-refractivity contribution in [1.29, 1.82) is 0 Å². The van der Waals surface area contributed by atoms with Gasteiger partial charge in [-0.2, -0.15) is 0 Å². The summed E-state index contributed by atoms with van der Waals surface area (Å²) < 4.78 is 11.0. The van der Waals surface area contributed by atoms with Gasteiger partial charge < -0.3 is 9.05 Å². The molecular weight excluding hydrogens is 183 g/mol. The molecule has 0 fully saturated rings. The number of hydrogen-bond acceptors (Lipinski definition) is 2. The highest BCUT2D eigenvalue weighted by molar-refractivity contribution is 7.47. The summed E-state index contributed by atoms with van der Waals surface area (Å²) in [7, 11) is -0.612. The first-order valence-corrected chi connectivity index (χ1v) is 6.35. The molecule has 0 saturated heterocycles. The molecular formula is C10H21O2P. The average Bonchev–Trinajstić information content (AvgIpc) is 2.13. The molecule has 78 valence electrons. The lowest BCUT2D eigenvalue weighted by Gasteiger charge is -2.14. The second kappa shape index (κ2) is 10.2. The van der Waals surface area contributed by atoms with Gasteiger partial charge in [-0.3, -0.25) is 0 Å². The van der Waals surface area contributed by atoms with E-state index in [0.717, 1.165) is 25.8 Å². The van der Waals surface area contributed by atoms with E-state index in [0.29, 0.717) is 0 Å². The summed E-state index contributed by atoms with van der Waals surface area (Å²) in [5, 5.41) is 0. The summed E-state index contributed by atoms with van der Waals surface area (Å²) in [6.07, 6.45) is 6.50. The highest BCUT2D eigenvalue weighted by Gasteiger charge is 2.07. The molecule has 0 N–H and O–H groups in total. The third-order valence-corrected chi connectivity index (χ3v) is 3.32. The van der Waals surface area contributed by atoms with Crippen LogP contribution in [0.4, 0.5) is 0 Å². The predicted molar refractivity (Wildman–Crippen MR) is 59.1 cm³/mol. The number of rotatable bonds is 9. The van der Waals surface area contributed by atoms with E-state index < -0.39 is 8.38 Å². The van der Waals surface area contributed by atoms with Crippen molar-refractivity contribution in [2.75, 3.05) is 19.4 Å². The molecule has 0 aliphatic rings. The highest BCUT2D eigenvalue weighted by atomic mass is 31.2. The molecule has 0 aliphatic carbocycles. The zero-order valence-corrected chi connectivity index (χ0v) is 9.69. The lowest BCUT2D eigenvalue weighted by Crippen LogP contribution is -1.95. The second-order valence-electron chi connectivity index (χ2n) is 2.68. The topological polar surface area (TPSA) is 18.5 Å². The molecule has 0 bridgehead atoms. The molecule has 2 nitrogen and oxygen atoms in total. The SMILES string of the molecule is C=CCCCCP(OCC)OCC. The largest absolute Gasteiger partial charge is 0.334 e. The lowest BCUT2D eigenvalue weighted by molar-refractivity contribution is 0.269.